The fourth-order valence-electron chi connectivity index (χ4n) is 1.75. The number of nitrogens with two attached hydrogens (primary N) is 1. The van der Waals surface area contributed by atoms with Crippen LogP contribution in [0.25, 0.3) is 0 Å². The molecule has 5 heteroatoms. The quantitative estimate of drug-likeness (QED) is 0.865. The van der Waals surface area contributed by atoms with Gasteiger partial charge in [0, 0.05) is 16.5 Å². The molecular weight excluding hydrogens is 254 g/mol. The van der Waals surface area contributed by atoms with Crippen molar-refractivity contribution in [2.45, 2.75) is 19.9 Å². The number of fused-ring (bicyclic) bond motifs is 1. The molecule has 0 aromatic heterocycles. The molecule has 0 saturated heterocycles. The number of benzene rings is 1. The van der Waals surface area contributed by atoms with Gasteiger partial charge in [0.15, 0.2) is 11.5 Å². The van der Waals surface area contributed by atoms with Gasteiger partial charge in [0.2, 0.25) is 0 Å². The first-order chi connectivity index (χ1) is 8.43. The Morgan fingerprint density at radius 3 is 2.44 bits per heavy atom. The highest BCUT2D eigenvalue weighted by molar-refractivity contribution is 6.31. The van der Waals surface area contributed by atoms with E-state index in [1.54, 1.807) is 12.1 Å². The van der Waals surface area contributed by atoms with Crippen LogP contribution in [0, 0.1) is 5.41 Å². The van der Waals surface area contributed by atoms with Crippen molar-refractivity contribution in [2.24, 2.45) is 11.1 Å². The maximum atomic E-state index is 9.10. The van der Waals surface area contributed by atoms with Gasteiger partial charge in [-0.2, -0.15) is 0 Å². The largest absolute Gasteiger partial charge is 0.489 e. The third kappa shape index (κ3) is 2.71. The van der Waals surface area contributed by atoms with E-state index < -0.39 is 6.04 Å². The van der Waals surface area contributed by atoms with Crippen LogP contribution < -0.4 is 15.2 Å². The predicted molar refractivity (Wildman–Crippen MR) is 70.2 cm³/mol. The van der Waals surface area contributed by atoms with E-state index in [1.165, 1.54) is 0 Å². The van der Waals surface area contributed by atoms with Crippen molar-refractivity contribution in [1.29, 1.82) is 0 Å². The normalized spacial score (nSPS) is 19.2. The molecule has 1 aliphatic heterocycles. The van der Waals surface area contributed by atoms with Crippen LogP contribution in [0.4, 0.5) is 0 Å². The molecule has 0 aliphatic carbocycles. The van der Waals surface area contributed by atoms with Crippen LogP contribution in [0.15, 0.2) is 12.1 Å². The fourth-order valence-corrected chi connectivity index (χ4v) is 2.04. The molecule has 2 rings (SSSR count). The Hall–Kier alpha value is -0.970. The lowest BCUT2D eigenvalue weighted by atomic mass is 9.97. The van der Waals surface area contributed by atoms with E-state index in [-0.39, 0.29) is 12.0 Å². The first-order valence-electron chi connectivity index (χ1n) is 5.88. The number of aliphatic hydroxyl groups is 1. The highest BCUT2D eigenvalue weighted by Crippen LogP contribution is 2.38. The zero-order chi connectivity index (χ0) is 13.3. The maximum Gasteiger partial charge on any atom is 0.162 e. The molecule has 18 heavy (non-hydrogen) atoms. The number of rotatable bonds is 2. The van der Waals surface area contributed by atoms with Gasteiger partial charge in [0.05, 0.1) is 25.9 Å². The summed E-state index contributed by atoms with van der Waals surface area (Å²) in [5.74, 6) is 1.25. The topological polar surface area (TPSA) is 64.7 Å². The maximum absolute atomic E-state index is 9.10. The van der Waals surface area contributed by atoms with E-state index in [4.69, 9.17) is 31.9 Å². The second-order valence-corrected chi connectivity index (χ2v) is 5.76. The van der Waals surface area contributed by atoms with E-state index >= 15 is 0 Å². The van der Waals surface area contributed by atoms with Gasteiger partial charge < -0.3 is 20.3 Å². The summed E-state index contributed by atoms with van der Waals surface area (Å²) >= 11 is 6.13. The summed E-state index contributed by atoms with van der Waals surface area (Å²) in [6, 6.07) is 2.94. The zero-order valence-corrected chi connectivity index (χ0v) is 11.3. The zero-order valence-electron chi connectivity index (χ0n) is 10.6. The SMILES string of the molecule is CC1(C)COc2cc(Cl)c(C(N)CO)cc2OC1. The molecule has 1 heterocycles. The molecule has 3 N–H and O–H groups in total. The summed E-state index contributed by atoms with van der Waals surface area (Å²) in [4.78, 5) is 0. The van der Waals surface area contributed by atoms with Crippen molar-refractivity contribution in [3.05, 3.63) is 22.7 Å². The predicted octanol–water partition coefficient (Wildman–Crippen LogP) is 2.13. The minimum absolute atomic E-state index is 0.0508. The molecule has 1 aliphatic rings. The van der Waals surface area contributed by atoms with Crippen molar-refractivity contribution >= 4 is 11.6 Å². The first kappa shape index (κ1) is 13.5. The molecule has 0 amide bonds. The molecule has 0 fully saturated rings. The molecule has 1 aromatic rings. The Labute approximate surface area is 112 Å². The van der Waals surface area contributed by atoms with Crippen LogP contribution in [0.1, 0.15) is 25.5 Å². The fraction of sp³-hybridized carbons (Fsp3) is 0.538. The van der Waals surface area contributed by atoms with Crippen molar-refractivity contribution in [3.63, 3.8) is 0 Å². The molecule has 1 aromatic carbocycles. The van der Waals surface area contributed by atoms with Crippen molar-refractivity contribution < 1.29 is 14.6 Å². The molecule has 0 spiro atoms. The number of ether oxygens (including phenoxy) is 2. The highest BCUT2D eigenvalue weighted by atomic mass is 35.5. The second kappa shape index (κ2) is 4.96. The number of aliphatic hydroxyl groups excluding tert-OH is 1. The molecule has 100 valence electrons. The summed E-state index contributed by atoms with van der Waals surface area (Å²) in [5.41, 5.74) is 6.41. The molecular formula is C13H18ClNO3. The van der Waals surface area contributed by atoms with Crippen LogP contribution in [0.5, 0.6) is 11.5 Å². The number of hydrogen-bond acceptors (Lipinski definition) is 4. The lowest BCUT2D eigenvalue weighted by Gasteiger charge is -2.19. The van der Waals surface area contributed by atoms with Crippen molar-refractivity contribution in [2.75, 3.05) is 19.8 Å². The van der Waals surface area contributed by atoms with Crippen molar-refractivity contribution in [1.82, 2.24) is 0 Å². The Bertz CT molecular complexity index is 448. The lowest BCUT2D eigenvalue weighted by Crippen LogP contribution is -2.26. The standard InChI is InChI=1S/C13H18ClNO3/c1-13(2)6-17-11-3-8(10(15)5-16)9(14)4-12(11)18-7-13/h3-4,10,16H,5-7,15H2,1-2H3. The Balaban J connectivity index is 2.35. The molecule has 0 radical (unpaired) electrons. The summed E-state index contributed by atoms with van der Waals surface area (Å²) in [5, 5.41) is 9.58. The van der Waals surface area contributed by atoms with E-state index in [0.29, 0.717) is 35.3 Å². The smallest absolute Gasteiger partial charge is 0.162 e. The first-order valence-corrected chi connectivity index (χ1v) is 6.26. The monoisotopic (exact) mass is 271 g/mol. The Morgan fingerprint density at radius 1 is 1.33 bits per heavy atom. The molecule has 1 atom stereocenters. The summed E-state index contributed by atoms with van der Waals surface area (Å²) in [6.07, 6.45) is 0. The molecule has 1 unspecified atom stereocenters. The van der Waals surface area contributed by atoms with Crippen LogP contribution >= 0.6 is 11.6 Å². The lowest BCUT2D eigenvalue weighted by molar-refractivity contribution is 0.140. The minimum atomic E-state index is -0.511. The minimum Gasteiger partial charge on any atom is -0.489 e. The van der Waals surface area contributed by atoms with E-state index in [9.17, 15) is 0 Å². The van der Waals surface area contributed by atoms with Gasteiger partial charge >= 0.3 is 0 Å². The van der Waals surface area contributed by atoms with Crippen LogP contribution in [-0.4, -0.2) is 24.9 Å². The van der Waals surface area contributed by atoms with Gasteiger partial charge in [-0.3, -0.25) is 0 Å². The second-order valence-electron chi connectivity index (χ2n) is 5.35. The summed E-state index contributed by atoms with van der Waals surface area (Å²) in [7, 11) is 0. The van der Waals surface area contributed by atoms with E-state index in [1.807, 2.05) is 0 Å². The average molecular weight is 272 g/mol. The van der Waals surface area contributed by atoms with Crippen molar-refractivity contribution in [3.8, 4) is 11.5 Å². The Kier molecular flexibility index (Phi) is 3.71. The third-order valence-corrected chi connectivity index (χ3v) is 3.22. The highest BCUT2D eigenvalue weighted by Gasteiger charge is 2.26. The number of halogens is 1. The van der Waals surface area contributed by atoms with Crippen LogP contribution in [-0.2, 0) is 0 Å². The van der Waals surface area contributed by atoms with Gasteiger partial charge in [0.1, 0.15) is 0 Å². The third-order valence-electron chi connectivity index (χ3n) is 2.90. The number of hydrogen-bond donors (Lipinski definition) is 2. The van der Waals surface area contributed by atoms with Gasteiger partial charge in [-0.1, -0.05) is 25.4 Å². The van der Waals surface area contributed by atoms with Crippen LogP contribution in [0.2, 0.25) is 5.02 Å². The van der Waals surface area contributed by atoms with Gasteiger partial charge in [-0.15, -0.1) is 0 Å². The summed E-state index contributed by atoms with van der Waals surface area (Å²) in [6.45, 7) is 5.11. The summed E-state index contributed by atoms with van der Waals surface area (Å²) < 4.78 is 11.4. The van der Waals surface area contributed by atoms with Gasteiger partial charge in [-0.05, 0) is 11.6 Å². The van der Waals surface area contributed by atoms with Gasteiger partial charge in [0.25, 0.3) is 0 Å². The molecule has 0 bridgehead atoms. The molecule has 4 nitrogen and oxygen atoms in total. The Morgan fingerprint density at radius 2 is 1.89 bits per heavy atom. The average Bonchev–Trinajstić information content (AvgIpc) is 2.47. The van der Waals surface area contributed by atoms with E-state index in [0.717, 1.165) is 0 Å². The van der Waals surface area contributed by atoms with Gasteiger partial charge in [-0.25, -0.2) is 0 Å². The van der Waals surface area contributed by atoms with E-state index in [2.05, 4.69) is 13.8 Å². The molecule has 0 saturated carbocycles. The van der Waals surface area contributed by atoms with Crippen LogP contribution in [0.3, 0.4) is 0 Å².